The number of rotatable bonds is 9. The minimum Gasteiger partial charge on any atom is -0.478 e. The highest BCUT2D eigenvalue weighted by atomic mass is 16.4. The van der Waals surface area contributed by atoms with Gasteiger partial charge in [0.2, 0.25) is 0 Å². The Morgan fingerprint density at radius 1 is 0.789 bits per heavy atom. The Hall–Kier alpha value is -1.65. The second-order valence-electron chi connectivity index (χ2n) is 4.11. The van der Waals surface area contributed by atoms with Crippen molar-refractivity contribution in [3.8, 4) is 0 Å². The standard InChI is InChI=1S/C10H20O.C4H4O4/c1-3-5-6-7-9-10(11)8-4-2;5-3(6)1-2-4(7)8/h3-9H2,1-2H3;1-2H,(H,5,6)(H,7,8). The summed E-state index contributed by atoms with van der Waals surface area (Å²) in [5, 5.41) is 15.6. The highest BCUT2D eigenvalue weighted by Crippen LogP contribution is 2.04. The average molecular weight is 272 g/mol. The Morgan fingerprint density at radius 2 is 1.32 bits per heavy atom. The van der Waals surface area contributed by atoms with Crippen LogP contribution in [0.1, 0.15) is 58.8 Å². The van der Waals surface area contributed by atoms with Crippen molar-refractivity contribution in [1.82, 2.24) is 0 Å². The summed E-state index contributed by atoms with van der Waals surface area (Å²) in [6.07, 6.45) is 8.58. The van der Waals surface area contributed by atoms with E-state index in [0.717, 1.165) is 25.7 Å². The molecule has 0 aromatic heterocycles. The van der Waals surface area contributed by atoms with Crippen LogP contribution in [0.15, 0.2) is 12.2 Å². The maximum Gasteiger partial charge on any atom is 0.328 e. The van der Waals surface area contributed by atoms with Crippen molar-refractivity contribution in [3.05, 3.63) is 12.2 Å². The molecule has 2 N–H and O–H groups in total. The van der Waals surface area contributed by atoms with Crippen LogP contribution in [-0.4, -0.2) is 27.9 Å². The third kappa shape index (κ3) is 22.1. The number of ketones is 1. The lowest BCUT2D eigenvalue weighted by Crippen LogP contribution is -1.95. The van der Waals surface area contributed by atoms with E-state index >= 15 is 0 Å². The molecule has 0 amide bonds. The minimum absolute atomic E-state index is 0.448. The zero-order valence-corrected chi connectivity index (χ0v) is 11.7. The average Bonchev–Trinajstić information content (AvgIpc) is 2.33. The molecule has 0 fully saturated rings. The van der Waals surface area contributed by atoms with E-state index in [4.69, 9.17) is 10.2 Å². The number of hydrogen-bond acceptors (Lipinski definition) is 3. The van der Waals surface area contributed by atoms with E-state index < -0.39 is 11.9 Å². The molecule has 0 saturated carbocycles. The lowest BCUT2D eigenvalue weighted by atomic mass is 10.1. The van der Waals surface area contributed by atoms with Gasteiger partial charge in [-0.3, -0.25) is 4.79 Å². The number of hydrogen-bond donors (Lipinski definition) is 2. The lowest BCUT2D eigenvalue weighted by molar-refractivity contribution is -0.134. The summed E-state index contributed by atoms with van der Waals surface area (Å²) in [5.41, 5.74) is 0. The van der Waals surface area contributed by atoms with Gasteiger partial charge in [0.15, 0.2) is 0 Å². The van der Waals surface area contributed by atoms with Gasteiger partial charge in [0.1, 0.15) is 5.78 Å². The first kappa shape index (κ1) is 19.7. The molecule has 5 nitrogen and oxygen atoms in total. The van der Waals surface area contributed by atoms with Crippen LogP contribution < -0.4 is 0 Å². The van der Waals surface area contributed by atoms with Gasteiger partial charge in [0.25, 0.3) is 0 Å². The molecule has 0 heterocycles. The maximum absolute atomic E-state index is 11.0. The Morgan fingerprint density at radius 3 is 1.68 bits per heavy atom. The first-order valence-corrected chi connectivity index (χ1v) is 6.59. The van der Waals surface area contributed by atoms with Gasteiger partial charge in [0, 0.05) is 25.0 Å². The number of unbranched alkanes of at least 4 members (excludes halogenated alkanes) is 3. The van der Waals surface area contributed by atoms with Gasteiger partial charge in [0.05, 0.1) is 0 Å². The van der Waals surface area contributed by atoms with Crippen molar-refractivity contribution in [2.75, 3.05) is 0 Å². The first-order chi connectivity index (χ1) is 8.93. The molecule has 0 saturated heterocycles. The third-order valence-electron chi connectivity index (χ3n) is 2.21. The monoisotopic (exact) mass is 272 g/mol. The van der Waals surface area contributed by atoms with Gasteiger partial charge < -0.3 is 10.2 Å². The second-order valence-corrected chi connectivity index (χ2v) is 4.11. The second kappa shape index (κ2) is 14.4. The molecule has 0 rings (SSSR count). The molecule has 110 valence electrons. The van der Waals surface area contributed by atoms with E-state index in [9.17, 15) is 14.4 Å². The molecule has 0 spiro atoms. The van der Waals surface area contributed by atoms with E-state index in [1.54, 1.807) is 0 Å². The topological polar surface area (TPSA) is 91.7 Å². The Bertz CT molecular complexity index is 278. The molecular weight excluding hydrogens is 248 g/mol. The van der Waals surface area contributed by atoms with Gasteiger partial charge in [-0.15, -0.1) is 0 Å². The summed E-state index contributed by atoms with van der Waals surface area (Å²) >= 11 is 0. The van der Waals surface area contributed by atoms with E-state index in [2.05, 4.69) is 13.8 Å². The molecule has 0 aliphatic carbocycles. The zero-order chi connectivity index (χ0) is 15.1. The van der Waals surface area contributed by atoms with E-state index in [1.165, 1.54) is 19.3 Å². The summed E-state index contributed by atoms with van der Waals surface area (Å²) in [6.45, 7) is 4.25. The van der Waals surface area contributed by atoms with E-state index in [1.807, 2.05) is 0 Å². The Balaban J connectivity index is 0. The molecule has 0 bridgehead atoms. The SMILES string of the molecule is CCCCCCC(=O)CCC.O=C(O)C=CC(=O)O. The van der Waals surface area contributed by atoms with Crippen molar-refractivity contribution in [2.45, 2.75) is 58.8 Å². The summed E-state index contributed by atoms with van der Waals surface area (Å²) in [4.78, 5) is 30.1. The largest absolute Gasteiger partial charge is 0.478 e. The van der Waals surface area contributed by atoms with Crippen LogP contribution >= 0.6 is 0 Å². The number of carboxylic acid groups (broad SMARTS) is 2. The zero-order valence-electron chi connectivity index (χ0n) is 11.7. The van der Waals surface area contributed by atoms with Crippen molar-refractivity contribution in [1.29, 1.82) is 0 Å². The Kier molecular flexibility index (Phi) is 14.9. The number of aliphatic carboxylic acids is 2. The molecule has 0 unspecified atom stereocenters. The van der Waals surface area contributed by atoms with Crippen LogP contribution in [0, 0.1) is 0 Å². The summed E-state index contributed by atoms with van der Waals surface area (Å²) in [5.74, 6) is -2.07. The van der Waals surface area contributed by atoms with Gasteiger partial charge in [-0.05, 0) is 12.8 Å². The molecule has 0 aliphatic heterocycles. The normalized spacial score (nSPS) is 9.79. The fraction of sp³-hybridized carbons (Fsp3) is 0.643. The summed E-state index contributed by atoms with van der Waals surface area (Å²) in [6, 6.07) is 0. The molecule has 0 radical (unpaired) electrons. The van der Waals surface area contributed by atoms with Crippen LogP contribution in [0.25, 0.3) is 0 Å². The molecule has 0 aromatic carbocycles. The van der Waals surface area contributed by atoms with Crippen molar-refractivity contribution < 1.29 is 24.6 Å². The molecular formula is C14H24O5. The lowest BCUT2D eigenvalue weighted by Gasteiger charge is -1.97. The van der Waals surface area contributed by atoms with Crippen LogP contribution in [0.5, 0.6) is 0 Å². The van der Waals surface area contributed by atoms with E-state index in [-0.39, 0.29) is 0 Å². The van der Waals surface area contributed by atoms with Crippen LogP contribution in [0.2, 0.25) is 0 Å². The van der Waals surface area contributed by atoms with Gasteiger partial charge in [-0.25, -0.2) is 9.59 Å². The molecule has 0 aliphatic rings. The smallest absolute Gasteiger partial charge is 0.328 e. The number of Topliss-reactive ketones (excluding diaryl/α,β-unsaturated/α-hetero) is 1. The van der Waals surface area contributed by atoms with Crippen LogP contribution in [-0.2, 0) is 14.4 Å². The highest BCUT2D eigenvalue weighted by molar-refractivity contribution is 5.89. The van der Waals surface area contributed by atoms with Gasteiger partial charge >= 0.3 is 11.9 Å². The molecule has 5 heteroatoms. The highest BCUT2D eigenvalue weighted by Gasteiger charge is 1.98. The minimum atomic E-state index is -1.26. The predicted octanol–water partition coefficient (Wildman–Crippen LogP) is 3.04. The van der Waals surface area contributed by atoms with E-state index in [0.29, 0.717) is 17.9 Å². The van der Waals surface area contributed by atoms with Gasteiger partial charge in [-0.1, -0.05) is 33.1 Å². The first-order valence-electron chi connectivity index (χ1n) is 6.59. The Labute approximate surface area is 114 Å². The molecule has 0 aromatic rings. The number of carbonyl (C=O) groups is 3. The van der Waals surface area contributed by atoms with Crippen LogP contribution in [0.3, 0.4) is 0 Å². The van der Waals surface area contributed by atoms with Gasteiger partial charge in [-0.2, -0.15) is 0 Å². The maximum atomic E-state index is 11.0. The van der Waals surface area contributed by atoms with Crippen molar-refractivity contribution in [2.24, 2.45) is 0 Å². The third-order valence-corrected chi connectivity index (χ3v) is 2.21. The number of carboxylic acids is 2. The molecule has 0 atom stereocenters. The summed E-state index contributed by atoms with van der Waals surface area (Å²) in [7, 11) is 0. The fourth-order valence-corrected chi connectivity index (χ4v) is 1.30. The van der Waals surface area contributed by atoms with Crippen molar-refractivity contribution >= 4 is 17.7 Å². The fourth-order valence-electron chi connectivity index (χ4n) is 1.30. The molecule has 19 heavy (non-hydrogen) atoms. The predicted molar refractivity (Wildman–Crippen MR) is 73.1 cm³/mol. The quantitative estimate of drug-likeness (QED) is 0.497. The van der Waals surface area contributed by atoms with Crippen molar-refractivity contribution in [3.63, 3.8) is 0 Å². The van der Waals surface area contributed by atoms with Crippen LogP contribution in [0.4, 0.5) is 0 Å². The number of carbonyl (C=O) groups excluding carboxylic acids is 1. The summed E-state index contributed by atoms with van der Waals surface area (Å²) < 4.78 is 0.